The summed E-state index contributed by atoms with van der Waals surface area (Å²) in [6.45, 7) is 2.13. The fourth-order valence-corrected chi connectivity index (χ4v) is 3.79. The van der Waals surface area contributed by atoms with Crippen LogP contribution in [0.2, 0.25) is 0 Å². The molecule has 158 valence electrons. The van der Waals surface area contributed by atoms with Crippen LogP contribution in [0.15, 0.2) is 66.7 Å². The van der Waals surface area contributed by atoms with E-state index in [1.807, 2.05) is 6.07 Å². The molecule has 2 amide bonds. The molecule has 0 radical (unpaired) electrons. The lowest BCUT2D eigenvalue weighted by Gasteiger charge is -2.15. The minimum absolute atomic E-state index is 0.0217. The normalized spacial score (nSPS) is 14.6. The summed E-state index contributed by atoms with van der Waals surface area (Å²) in [5, 5.41) is 11.4. The van der Waals surface area contributed by atoms with Gasteiger partial charge in [0.25, 0.3) is 0 Å². The number of rotatable bonds is 5. The number of nitrogens with zero attached hydrogens (tertiary/aromatic N) is 2. The average molecular weight is 427 g/mol. The van der Waals surface area contributed by atoms with Gasteiger partial charge in [0, 0.05) is 23.4 Å². The van der Waals surface area contributed by atoms with E-state index in [0.717, 1.165) is 0 Å². The molecule has 0 saturated heterocycles. The fraction of sp³-hybridized carbons (Fsp3) is 0.120. The topological polar surface area (TPSA) is 90.3 Å². The molecule has 1 aliphatic heterocycles. The van der Waals surface area contributed by atoms with Crippen LogP contribution in [0.3, 0.4) is 0 Å². The molecule has 0 aromatic heterocycles. The predicted molar refractivity (Wildman–Crippen MR) is 117 cm³/mol. The van der Waals surface area contributed by atoms with E-state index < -0.39 is 23.5 Å². The molecule has 0 bridgehead atoms. The zero-order valence-electron chi connectivity index (χ0n) is 17.1. The molecule has 4 rings (SSSR count). The number of benzene rings is 3. The van der Waals surface area contributed by atoms with Crippen molar-refractivity contribution in [2.75, 3.05) is 16.8 Å². The van der Waals surface area contributed by atoms with Gasteiger partial charge in [-0.2, -0.15) is 5.26 Å². The maximum Gasteiger partial charge on any atom is 0.244 e. The Morgan fingerprint density at radius 3 is 2.41 bits per heavy atom. The number of hydrogen-bond acceptors (Lipinski definition) is 4. The predicted octanol–water partition coefficient (Wildman–Crippen LogP) is 4.02. The quantitative estimate of drug-likeness (QED) is 0.492. The molecule has 3 aromatic carbocycles. The number of carbonyl (C=O) groups is 3. The van der Waals surface area contributed by atoms with Gasteiger partial charge in [0.2, 0.25) is 11.8 Å². The number of ketones is 1. The molecule has 0 saturated carbocycles. The van der Waals surface area contributed by atoms with Crippen LogP contribution in [0.5, 0.6) is 0 Å². The van der Waals surface area contributed by atoms with Crippen LogP contribution < -0.4 is 10.2 Å². The zero-order chi connectivity index (χ0) is 22.8. The van der Waals surface area contributed by atoms with Gasteiger partial charge in [0.1, 0.15) is 11.7 Å². The van der Waals surface area contributed by atoms with Crippen molar-refractivity contribution >= 4 is 29.0 Å². The van der Waals surface area contributed by atoms with Gasteiger partial charge in [0.15, 0.2) is 5.78 Å². The van der Waals surface area contributed by atoms with Gasteiger partial charge in [-0.1, -0.05) is 12.1 Å². The molecule has 6 nitrogen and oxygen atoms in total. The number of para-hydroxylation sites is 1. The Hall–Kier alpha value is -4.31. The van der Waals surface area contributed by atoms with Crippen molar-refractivity contribution in [2.24, 2.45) is 0 Å². The van der Waals surface area contributed by atoms with Crippen LogP contribution in [0.1, 0.15) is 39.9 Å². The number of likely N-dealkylation sites (N-methyl/N-ethyl adjacent to an activating group) is 1. The maximum absolute atomic E-state index is 14.0. The highest BCUT2D eigenvalue weighted by Crippen LogP contribution is 2.39. The molecule has 32 heavy (non-hydrogen) atoms. The van der Waals surface area contributed by atoms with Crippen LogP contribution >= 0.6 is 0 Å². The molecule has 0 fully saturated rings. The largest absolute Gasteiger partial charge is 0.323 e. The van der Waals surface area contributed by atoms with Crippen molar-refractivity contribution in [3.8, 4) is 6.07 Å². The Labute approximate surface area is 183 Å². The van der Waals surface area contributed by atoms with Crippen molar-refractivity contribution < 1.29 is 18.8 Å². The van der Waals surface area contributed by atoms with Gasteiger partial charge in [-0.15, -0.1) is 0 Å². The summed E-state index contributed by atoms with van der Waals surface area (Å²) in [5.74, 6) is -3.20. The minimum atomic E-state index is -1.20. The first-order chi connectivity index (χ1) is 15.4. The third-order valence-corrected chi connectivity index (χ3v) is 5.39. The summed E-state index contributed by atoms with van der Waals surface area (Å²) in [7, 11) is 0. The Morgan fingerprint density at radius 2 is 1.75 bits per heavy atom. The maximum atomic E-state index is 14.0. The summed E-state index contributed by atoms with van der Waals surface area (Å²) in [4.78, 5) is 40.4. The molecule has 1 N–H and O–H groups in total. The fourth-order valence-electron chi connectivity index (χ4n) is 3.79. The SMILES string of the molecule is CCN1C(=O)C(C(=O)Nc2ccccc2F)c2cc(C(=O)c3ccc(C#N)cc3)ccc21. The zero-order valence-corrected chi connectivity index (χ0v) is 17.1. The van der Waals surface area contributed by atoms with E-state index in [9.17, 15) is 18.8 Å². The minimum Gasteiger partial charge on any atom is -0.323 e. The number of nitrogens with one attached hydrogen (secondary N) is 1. The lowest BCUT2D eigenvalue weighted by atomic mass is 9.94. The van der Waals surface area contributed by atoms with Crippen LogP contribution in [-0.2, 0) is 9.59 Å². The molecule has 3 aromatic rings. The first-order valence-electron chi connectivity index (χ1n) is 10.00. The smallest absolute Gasteiger partial charge is 0.244 e. The molecule has 1 unspecified atom stereocenters. The van der Waals surface area contributed by atoms with E-state index in [0.29, 0.717) is 34.5 Å². The molecule has 1 atom stereocenters. The van der Waals surface area contributed by atoms with Crippen molar-refractivity contribution in [1.29, 1.82) is 5.26 Å². The molecule has 1 aliphatic rings. The summed E-state index contributed by atoms with van der Waals surface area (Å²) in [5.41, 5.74) is 2.04. The molecule has 0 spiro atoms. The van der Waals surface area contributed by atoms with Gasteiger partial charge < -0.3 is 10.2 Å². The highest BCUT2D eigenvalue weighted by atomic mass is 19.1. The Kier molecular flexibility index (Phi) is 5.52. The van der Waals surface area contributed by atoms with Crippen molar-refractivity contribution in [2.45, 2.75) is 12.8 Å². The molecular weight excluding hydrogens is 409 g/mol. The third-order valence-electron chi connectivity index (χ3n) is 5.39. The van der Waals surface area contributed by atoms with E-state index >= 15 is 0 Å². The summed E-state index contributed by atoms with van der Waals surface area (Å²) in [6, 6.07) is 18.7. The summed E-state index contributed by atoms with van der Waals surface area (Å²) < 4.78 is 14.0. The lowest BCUT2D eigenvalue weighted by Crippen LogP contribution is -2.33. The number of carbonyl (C=O) groups excluding carboxylic acids is 3. The number of amides is 2. The Bertz CT molecular complexity index is 1280. The van der Waals surface area contributed by atoms with Gasteiger partial charge >= 0.3 is 0 Å². The summed E-state index contributed by atoms with van der Waals surface area (Å²) >= 11 is 0. The van der Waals surface area contributed by atoms with E-state index in [1.165, 1.54) is 29.2 Å². The highest BCUT2D eigenvalue weighted by Gasteiger charge is 2.41. The molecule has 0 aliphatic carbocycles. The van der Waals surface area contributed by atoms with Crippen molar-refractivity contribution in [3.63, 3.8) is 0 Å². The first-order valence-corrected chi connectivity index (χ1v) is 10.00. The Morgan fingerprint density at radius 1 is 1.06 bits per heavy atom. The van der Waals surface area contributed by atoms with Gasteiger partial charge in [-0.3, -0.25) is 14.4 Å². The second-order valence-electron chi connectivity index (χ2n) is 7.28. The average Bonchev–Trinajstić information content (AvgIpc) is 3.10. The Balaban J connectivity index is 1.70. The van der Waals surface area contributed by atoms with E-state index in [4.69, 9.17) is 5.26 Å². The van der Waals surface area contributed by atoms with Gasteiger partial charge in [0.05, 0.1) is 17.3 Å². The van der Waals surface area contributed by atoms with Gasteiger partial charge in [-0.25, -0.2) is 4.39 Å². The molecule has 1 heterocycles. The number of fused-ring (bicyclic) bond motifs is 1. The van der Waals surface area contributed by atoms with Crippen LogP contribution in [0.4, 0.5) is 15.8 Å². The summed E-state index contributed by atoms with van der Waals surface area (Å²) in [6.07, 6.45) is 0. The van der Waals surface area contributed by atoms with Crippen molar-refractivity contribution in [1.82, 2.24) is 0 Å². The second kappa shape index (κ2) is 8.44. The number of halogens is 1. The standard InChI is InChI=1S/C25H18FN3O3/c1-2-29-21-12-11-17(23(30)16-9-7-15(14-27)8-10-16)13-18(21)22(25(29)32)24(31)28-20-6-4-3-5-19(20)26/h3-13,22H,2H2,1H3,(H,28,31). The monoisotopic (exact) mass is 427 g/mol. The van der Waals surface area contributed by atoms with E-state index in [2.05, 4.69) is 5.32 Å². The van der Waals surface area contributed by atoms with E-state index in [1.54, 1.807) is 49.4 Å². The number of anilines is 2. The van der Waals surface area contributed by atoms with Crippen LogP contribution in [-0.4, -0.2) is 24.1 Å². The first kappa shape index (κ1) is 20.9. The van der Waals surface area contributed by atoms with Crippen molar-refractivity contribution in [3.05, 3.63) is 94.8 Å². The lowest BCUT2D eigenvalue weighted by molar-refractivity contribution is -0.126. The number of nitriles is 1. The third kappa shape index (κ3) is 3.63. The van der Waals surface area contributed by atoms with Crippen LogP contribution in [0, 0.1) is 17.1 Å². The highest BCUT2D eigenvalue weighted by molar-refractivity contribution is 6.21. The molecule has 7 heteroatoms. The number of hydrogen-bond donors (Lipinski definition) is 1. The van der Waals surface area contributed by atoms with Gasteiger partial charge in [-0.05, 0) is 67.1 Å². The second-order valence-corrected chi connectivity index (χ2v) is 7.28. The molecular formula is C25H18FN3O3. The van der Waals surface area contributed by atoms with Crippen LogP contribution in [0.25, 0.3) is 0 Å². The van der Waals surface area contributed by atoms with E-state index in [-0.39, 0.29) is 11.5 Å².